The number of rotatable bonds is 5. The molecule has 0 bridgehead atoms. The van der Waals surface area contributed by atoms with E-state index < -0.39 is 0 Å². The van der Waals surface area contributed by atoms with Gasteiger partial charge in [0.25, 0.3) is 0 Å². The monoisotopic (exact) mass is 197 g/mol. The molecular formula is C10H19N3O. The van der Waals surface area contributed by atoms with Crippen LogP contribution in [0.25, 0.3) is 0 Å². The van der Waals surface area contributed by atoms with Crippen LogP contribution >= 0.6 is 0 Å². The Kier molecular flexibility index (Phi) is 3.63. The molecule has 0 fully saturated rings. The average Bonchev–Trinajstić information content (AvgIpc) is 2.61. The van der Waals surface area contributed by atoms with Crippen LogP contribution in [0.2, 0.25) is 0 Å². The summed E-state index contributed by atoms with van der Waals surface area (Å²) in [5.41, 5.74) is -0.0270. The maximum Gasteiger partial charge on any atom is 0.138 e. The first-order valence-corrected chi connectivity index (χ1v) is 5.11. The number of hydrogen-bond donors (Lipinski definition) is 1. The van der Waals surface area contributed by atoms with Gasteiger partial charge < -0.3 is 5.11 Å². The Bertz CT molecular complexity index is 270. The summed E-state index contributed by atoms with van der Waals surface area (Å²) >= 11 is 0. The van der Waals surface area contributed by atoms with E-state index in [-0.39, 0.29) is 12.0 Å². The largest absolute Gasteiger partial charge is 0.396 e. The Morgan fingerprint density at radius 2 is 2.07 bits per heavy atom. The van der Waals surface area contributed by atoms with Crippen molar-refractivity contribution in [1.82, 2.24) is 14.8 Å². The first-order valence-electron chi connectivity index (χ1n) is 5.11. The van der Waals surface area contributed by atoms with Crippen LogP contribution in [0.3, 0.4) is 0 Å². The molecule has 1 rings (SSSR count). The molecule has 1 heterocycles. The van der Waals surface area contributed by atoms with Crippen molar-refractivity contribution < 1.29 is 5.11 Å². The molecule has 0 saturated carbocycles. The quantitative estimate of drug-likeness (QED) is 0.770. The van der Waals surface area contributed by atoms with Crippen molar-refractivity contribution in [2.24, 2.45) is 12.5 Å². The van der Waals surface area contributed by atoms with E-state index in [9.17, 15) is 5.11 Å². The number of aromatic nitrogens is 3. The van der Waals surface area contributed by atoms with Crippen molar-refractivity contribution in [3.05, 3.63) is 12.2 Å². The second-order valence-electron chi connectivity index (χ2n) is 3.84. The van der Waals surface area contributed by atoms with Crippen LogP contribution in [0.1, 0.15) is 32.5 Å². The van der Waals surface area contributed by atoms with Crippen molar-refractivity contribution >= 4 is 0 Å². The molecule has 0 aromatic carbocycles. The molecule has 0 spiro atoms. The highest BCUT2D eigenvalue weighted by molar-refractivity contribution is 4.92. The summed E-state index contributed by atoms with van der Waals surface area (Å²) in [4.78, 5) is 4.19. The first kappa shape index (κ1) is 11.2. The molecule has 0 unspecified atom stereocenters. The standard InChI is InChI=1S/C10H19N3O/c1-4-10(5-2,7-14)6-9-11-8-12-13(9)3/h8,14H,4-7H2,1-3H3. The second kappa shape index (κ2) is 4.55. The van der Waals surface area contributed by atoms with Crippen LogP contribution in [0, 0.1) is 5.41 Å². The normalized spacial score (nSPS) is 12.0. The average molecular weight is 197 g/mol. The van der Waals surface area contributed by atoms with Crippen molar-refractivity contribution in [3.63, 3.8) is 0 Å². The van der Waals surface area contributed by atoms with Gasteiger partial charge >= 0.3 is 0 Å². The summed E-state index contributed by atoms with van der Waals surface area (Å²) in [6, 6.07) is 0. The number of nitrogens with zero attached hydrogens (tertiary/aromatic N) is 3. The van der Waals surface area contributed by atoms with Gasteiger partial charge in [-0.3, -0.25) is 4.68 Å². The van der Waals surface area contributed by atoms with E-state index in [2.05, 4.69) is 23.9 Å². The minimum atomic E-state index is -0.0270. The van der Waals surface area contributed by atoms with Gasteiger partial charge in [0.1, 0.15) is 12.2 Å². The summed E-state index contributed by atoms with van der Waals surface area (Å²) in [5, 5.41) is 13.4. The SMILES string of the molecule is CCC(CC)(CO)Cc1ncnn1C. The predicted octanol–water partition coefficient (Wildman–Crippen LogP) is 1.16. The zero-order valence-corrected chi connectivity index (χ0v) is 9.19. The lowest BCUT2D eigenvalue weighted by molar-refractivity contribution is 0.112. The first-order chi connectivity index (χ1) is 6.67. The van der Waals surface area contributed by atoms with Crippen LogP contribution in [0.15, 0.2) is 6.33 Å². The smallest absolute Gasteiger partial charge is 0.138 e. The molecule has 80 valence electrons. The van der Waals surface area contributed by atoms with E-state index in [1.165, 1.54) is 0 Å². The lowest BCUT2D eigenvalue weighted by Gasteiger charge is -2.28. The van der Waals surface area contributed by atoms with Crippen LogP contribution in [-0.2, 0) is 13.5 Å². The Morgan fingerprint density at radius 1 is 1.43 bits per heavy atom. The molecule has 14 heavy (non-hydrogen) atoms. The van der Waals surface area contributed by atoms with E-state index in [4.69, 9.17) is 0 Å². The molecule has 1 N–H and O–H groups in total. The maximum absolute atomic E-state index is 9.41. The van der Waals surface area contributed by atoms with Gasteiger partial charge in [-0.1, -0.05) is 13.8 Å². The molecule has 1 aromatic rings. The summed E-state index contributed by atoms with van der Waals surface area (Å²) in [6.45, 7) is 4.43. The Hall–Kier alpha value is -0.900. The van der Waals surface area contributed by atoms with E-state index in [0.717, 1.165) is 25.1 Å². The minimum Gasteiger partial charge on any atom is -0.396 e. The van der Waals surface area contributed by atoms with E-state index in [1.807, 2.05) is 7.05 Å². The molecule has 0 amide bonds. The van der Waals surface area contributed by atoms with Crippen molar-refractivity contribution in [2.45, 2.75) is 33.1 Å². The van der Waals surface area contributed by atoms with E-state index in [0.29, 0.717) is 0 Å². The van der Waals surface area contributed by atoms with Crippen LogP contribution < -0.4 is 0 Å². The van der Waals surface area contributed by atoms with Gasteiger partial charge in [-0.15, -0.1) is 0 Å². The summed E-state index contributed by atoms with van der Waals surface area (Å²) in [7, 11) is 1.88. The molecule has 4 nitrogen and oxygen atoms in total. The van der Waals surface area contributed by atoms with Gasteiger partial charge in [-0.2, -0.15) is 5.10 Å². The summed E-state index contributed by atoms with van der Waals surface area (Å²) in [6.07, 6.45) is 4.29. The highest BCUT2D eigenvalue weighted by atomic mass is 16.3. The topological polar surface area (TPSA) is 50.9 Å². The summed E-state index contributed by atoms with van der Waals surface area (Å²) in [5.74, 6) is 0.947. The predicted molar refractivity (Wildman–Crippen MR) is 54.8 cm³/mol. The number of aliphatic hydroxyl groups excluding tert-OH is 1. The van der Waals surface area contributed by atoms with Gasteiger partial charge in [0.2, 0.25) is 0 Å². The molecular weight excluding hydrogens is 178 g/mol. The Balaban J connectivity index is 2.79. The van der Waals surface area contributed by atoms with Crippen LogP contribution in [0.5, 0.6) is 0 Å². The molecule has 0 radical (unpaired) electrons. The second-order valence-corrected chi connectivity index (χ2v) is 3.84. The van der Waals surface area contributed by atoms with E-state index in [1.54, 1.807) is 11.0 Å². The van der Waals surface area contributed by atoms with Crippen molar-refractivity contribution in [3.8, 4) is 0 Å². The molecule has 0 atom stereocenters. The van der Waals surface area contributed by atoms with Crippen LogP contribution in [-0.4, -0.2) is 26.5 Å². The van der Waals surface area contributed by atoms with Gasteiger partial charge in [0, 0.05) is 25.5 Å². The third-order valence-electron chi connectivity index (χ3n) is 3.17. The molecule has 0 aliphatic rings. The zero-order chi connectivity index (χ0) is 10.6. The number of hydrogen-bond acceptors (Lipinski definition) is 3. The van der Waals surface area contributed by atoms with Gasteiger partial charge in [-0.05, 0) is 12.8 Å². The van der Waals surface area contributed by atoms with Crippen molar-refractivity contribution in [2.75, 3.05) is 6.61 Å². The Morgan fingerprint density at radius 3 is 2.43 bits per heavy atom. The van der Waals surface area contributed by atoms with Gasteiger partial charge in [0.05, 0.1) is 0 Å². The molecule has 4 heteroatoms. The molecule has 0 aliphatic carbocycles. The number of aliphatic hydroxyl groups is 1. The van der Waals surface area contributed by atoms with Gasteiger partial charge in [0.15, 0.2) is 0 Å². The molecule has 0 saturated heterocycles. The van der Waals surface area contributed by atoms with Crippen molar-refractivity contribution in [1.29, 1.82) is 0 Å². The summed E-state index contributed by atoms with van der Waals surface area (Å²) < 4.78 is 1.77. The highest BCUT2D eigenvalue weighted by Gasteiger charge is 2.27. The number of aryl methyl sites for hydroxylation is 1. The zero-order valence-electron chi connectivity index (χ0n) is 9.19. The minimum absolute atomic E-state index is 0.0270. The fourth-order valence-electron chi connectivity index (χ4n) is 1.60. The fourth-order valence-corrected chi connectivity index (χ4v) is 1.60. The third kappa shape index (κ3) is 2.12. The Labute approximate surface area is 85.0 Å². The maximum atomic E-state index is 9.41. The fraction of sp³-hybridized carbons (Fsp3) is 0.800. The lowest BCUT2D eigenvalue weighted by Crippen LogP contribution is -2.28. The molecule has 1 aromatic heterocycles. The molecule has 0 aliphatic heterocycles. The van der Waals surface area contributed by atoms with Crippen LogP contribution in [0.4, 0.5) is 0 Å². The van der Waals surface area contributed by atoms with Gasteiger partial charge in [-0.25, -0.2) is 4.98 Å². The third-order valence-corrected chi connectivity index (χ3v) is 3.17. The lowest BCUT2D eigenvalue weighted by atomic mass is 9.80. The van der Waals surface area contributed by atoms with E-state index >= 15 is 0 Å². The highest BCUT2D eigenvalue weighted by Crippen LogP contribution is 2.29.